The SMILES string of the molecule is O=S1(=O)Nc2cccc(F)c2N1c1ccccc1F. The molecule has 0 spiro atoms. The Morgan fingerprint density at radius 1 is 0.947 bits per heavy atom. The molecular weight excluding hydrogens is 274 g/mol. The molecule has 0 radical (unpaired) electrons. The third kappa shape index (κ3) is 1.74. The van der Waals surface area contributed by atoms with Gasteiger partial charge in [-0.2, -0.15) is 8.42 Å². The second kappa shape index (κ2) is 3.92. The van der Waals surface area contributed by atoms with Gasteiger partial charge in [0.25, 0.3) is 0 Å². The molecule has 0 bridgehead atoms. The van der Waals surface area contributed by atoms with Crippen molar-refractivity contribution in [2.24, 2.45) is 0 Å². The van der Waals surface area contributed by atoms with Gasteiger partial charge in [0.15, 0.2) is 0 Å². The van der Waals surface area contributed by atoms with Crippen LogP contribution in [0.25, 0.3) is 0 Å². The molecule has 2 aromatic rings. The Morgan fingerprint density at radius 2 is 1.63 bits per heavy atom. The summed E-state index contributed by atoms with van der Waals surface area (Å²) in [5, 5.41) is 0. The highest BCUT2D eigenvalue weighted by Crippen LogP contribution is 2.43. The van der Waals surface area contributed by atoms with E-state index in [1.54, 1.807) is 0 Å². The fourth-order valence-electron chi connectivity index (χ4n) is 1.98. The van der Waals surface area contributed by atoms with E-state index < -0.39 is 21.8 Å². The number of fused-ring (bicyclic) bond motifs is 1. The molecule has 98 valence electrons. The van der Waals surface area contributed by atoms with Crippen molar-refractivity contribution in [1.29, 1.82) is 0 Å². The average molecular weight is 282 g/mol. The molecule has 4 nitrogen and oxygen atoms in total. The zero-order valence-electron chi connectivity index (χ0n) is 9.47. The van der Waals surface area contributed by atoms with Crippen LogP contribution < -0.4 is 9.03 Å². The second-order valence-corrected chi connectivity index (χ2v) is 5.48. The van der Waals surface area contributed by atoms with Crippen molar-refractivity contribution >= 4 is 27.3 Å². The molecule has 1 heterocycles. The van der Waals surface area contributed by atoms with Gasteiger partial charge in [-0.15, -0.1) is 0 Å². The second-order valence-electron chi connectivity index (χ2n) is 3.96. The normalized spacial score (nSPS) is 16.0. The maximum absolute atomic E-state index is 13.8. The number of nitrogens with zero attached hydrogens (tertiary/aromatic N) is 1. The van der Waals surface area contributed by atoms with E-state index in [0.717, 1.165) is 12.1 Å². The van der Waals surface area contributed by atoms with Crippen molar-refractivity contribution in [3.63, 3.8) is 0 Å². The molecule has 0 saturated carbocycles. The molecule has 0 saturated heterocycles. The van der Waals surface area contributed by atoms with Gasteiger partial charge in [-0.25, -0.2) is 13.1 Å². The summed E-state index contributed by atoms with van der Waals surface area (Å²) >= 11 is 0. The van der Waals surface area contributed by atoms with Crippen molar-refractivity contribution in [2.75, 3.05) is 9.03 Å². The fraction of sp³-hybridized carbons (Fsp3) is 0. The van der Waals surface area contributed by atoms with Crippen molar-refractivity contribution < 1.29 is 17.2 Å². The first-order valence-corrected chi connectivity index (χ1v) is 6.81. The number of nitrogens with one attached hydrogen (secondary N) is 1. The summed E-state index contributed by atoms with van der Waals surface area (Å²) in [6, 6.07) is 9.21. The van der Waals surface area contributed by atoms with Crippen LogP contribution in [0.2, 0.25) is 0 Å². The third-order valence-electron chi connectivity index (χ3n) is 2.74. The summed E-state index contributed by atoms with van der Waals surface area (Å²) in [6.07, 6.45) is 0. The minimum atomic E-state index is -4.04. The predicted octanol–water partition coefficient (Wildman–Crippen LogP) is 2.77. The monoisotopic (exact) mass is 282 g/mol. The van der Waals surface area contributed by atoms with Crippen LogP contribution >= 0.6 is 0 Å². The van der Waals surface area contributed by atoms with Crippen LogP contribution in [-0.4, -0.2) is 8.42 Å². The Labute approximate surface area is 108 Å². The lowest BCUT2D eigenvalue weighted by Crippen LogP contribution is -2.26. The molecule has 0 atom stereocenters. The maximum atomic E-state index is 13.8. The van der Waals surface area contributed by atoms with Gasteiger partial charge in [0, 0.05) is 0 Å². The summed E-state index contributed by atoms with van der Waals surface area (Å²) in [5.41, 5.74) is -0.338. The van der Waals surface area contributed by atoms with E-state index in [9.17, 15) is 17.2 Å². The van der Waals surface area contributed by atoms with Gasteiger partial charge in [-0.05, 0) is 24.3 Å². The van der Waals surface area contributed by atoms with E-state index in [4.69, 9.17) is 0 Å². The zero-order chi connectivity index (χ0) is 13.6. The maximum Gasteiger partial charge on any atom is 0.328 e. The summed E-state index contributed by atoms with van der Waals surface area (Å²) in [7, 11) is -4.04. The van der Waals surface area contributed by atoms with E-state index in [0.29, 0.717) is 4.31 Å². The summed E-state index contributed by atoms with van der Waals surface area (Å²) in [6.45, 7) is 0. The summed E-state index contributed by atoms with van der Waals surface area (Å²) in [4.78, 5) is 0. The molecule has 1 aliphatic heterocycles. The van der Waals surface area contributed by atoms with Gasteiger partial charge in [-0.1, -0.05) is 18.2 Å². The lowest BCUT2D eigenvalue weighted by atomic mass is 10.2. The molecule has 7 heteroatoms. The molecular formula is C12H8F2N2O2S. The van der Waals surface area contributed by atoms with Crippen LogP contribution in [0.3, 0.4) is 0 Å². The van der Waals surface area contributed by atoms with Crippen LogP contribution in [0.15, 0.2) is 42.5 Å². The number of anilines is 3. The van der Waals surface area contributed by atoms with Crippen LogP contribution in [0.5, 0.6) is 0 Å². The molecule has 1 aliphatic rings. The topological polar surface area (TPSA) is 49.4 Å². The number of hydrogen-bond acceptors (Lipinski definition) is 2. The van der Waals surface area contributed by atoms with E-state index in [1.165, 1.54) is 30.3 Å². The highest BCUT2D eigenvalue weighted by Gasteiger charge is 2.37. The van der Waals surface area contributed by atoms with Gasteiger partial charge >= 0.3 is 10.2 Å². The first kappa shape index (κ1) is 11.9. The van der Waals surface area contributed by atoms with Crippen molar-refractivity contribution in [3.8, 4) is 0 Å². The van der Waals surface area contributed by atoms with Crippen molar-refractivity contribution in [1.82, 2.24) is 0 Å². The standard InChI is InChI=1S/C12H8F2N2O2S/c13-8-4-1-2-7-11(8)16-12-9(14)5-3-6-10(12)15-19(16,17)18/h1-7,15H. The molecule has 19 heavy (non-hydrogen) atoms. The Balaban J connectivity index is 2.30. The number of para-hydroxylation sites is 2. The number of halogens is 2. The molecule has 0 fully saturated rings. The van der Waals surface area contributed by atoms with Crippen LogP contribution in [0.1, 0.15) is 0 Å². The number of benzene rings is 2. The van der Waals surface area contributed by atoms with E-state index >= 15 is 0 Å². The first-order valence-electron chi connectivity index (χ1n) is 5.37. The summed E-state index contributed by atoms with van der Waals surface area (Å²) < 4.78 is 54.4. The van der Waals surface area contributed by atoms with Gasteiger partial charge < -0.3 is 0 Å². The Hall–Kier alpha value is -2.15. The van der Waals surface area contributed by atoms with Gasteiger partial charge in [0.2, 0.25) is 0 Å². The van der Waals surface area contributed by atoms with E-state index in [1.807, 2.05) is 0 Å². The first-order chi connectivity index (χ1) is 9.00. The predicted molar refractivity (Wildman–Crippen MR) is 67.5 cm³/mol. The molecule has 0 unspecified atom stereocenters. The Morgan fingerprint density at radius 3 is 2.37 bits per heavy atom. The highest BCUT2D eigenvalue weighted by molar-refractivity contribution is 7.95. The molecule has 0 aromatic heterocycles. The quantitative estimate of drug-likeness (QED) is 0.874. The van der Waals surface area contributed by atoms with Gasteiger partial charge in [0.1, 0.15) is 17.3 Å². The minimum absolute atomic E-state index is 0.0863. The Bertz CT molecular complexity index is 762. The molecule has 0 amide bonds. The minimum Gasteiger partial charge on any atom is -0.264 e. The van der Waals surface area contributed by atoms with Crippen molar-refractivity contribution in [3.05, 3.63) is 54.1 Å². The highest BCUT2D eigenvalue weighted by atomic mass is 32.2. The summed E-state index contributed by atoms with van der Waals surface area (Å²) in [5.74, 6) is -1.49. The smallest absolute Gasteiger partial charge is 0.264 e. The van der Waals surface area contributed by atoms with Crippen molar-refractivity contribution in [2.45, 2.75) is 0 Å². The van der Waals surface area contributed by atoms with Crippen LogP contribution in [-0.2, 0) is 10.2 Å². The molecule has 2 aromatic carbocycles. The zero-order valence-corrected chi connectivity index (χ0v) is 10.3. The number of rotatable bonds is 1. The van der Waals surface area contributed by atoms with Gasteiger partial charge in [0.05, 0.1) is 11.4 Å². The van der Waals surface area contributed by atoms with Gasteiger partial charge in [-0.3, -0.25) is 4.72 Å². The molecule has 0 aliphatic carbocycles. The molecule has 1 N–H and O–H groups in total. The number of hydrogen-bond donors (Lipinski definition) is 1. The third-order valence-corrected chi connectivity index (χ3v) is 4.08. The lowest BCUT2D eigenvalue weighted by molar-refractivity contribution is 0.595. The average Bonchev–Trinajstić information content (AvgIpc) is 2.62. The van der Waals surface area contributed by atoms with Crippen LogP contribution in [0, 0.1) is 11.6 Å². The fourth-order valence-corrected chi connectivity index (χ4v) is 3.34. The van der Waals surface area contributed by atoms with Crippen LogP contribution in [0.4, 0.5) is 25.8 Å². The molecule has 3 rings (SSSR count). The lowest BCUT2D eigenvalue weighted by Gasteiger charge is -2.17. The Kier molecular flexibility index (Phi) is 2.46. The van der Waals surface area contributed by atoms with E-state index in [-0.39, 0.29) is 17.1 Å². The van der Waals surface area contributed by atoms with E-state index in [2.05, 4.69) is 4.72 Å². The largest absolute Gasteiger partial charge is 0.328 e.